The molecule has 0 aliphatic heterocycles. The number of esters is 1. The lowest BCUT2D eigenvalue weighted by molar-refractivity contribution is -0.139. The number of imidazole rings is 1. The molecule has 0 amide bonds. The number of H-pyrrole nitrogens is 1. The smallest absolute Gasteiger partial charge is 0.313 e. The fraction of sp³-hybridized carbons (Fsp3) is 0.182. The molecular weight excluding hydrogens is 206 g/mol. The van der Waals surface area contributed by atoms with Gasteiger partial charge >= 0.3 is 5.97 Å². The van der Waals surface area contributed by atoms with E-state index in [2.05, 4.69) is 19.7 Å². The predicted octanol–water partition coefficient (Wildman–Crippen LogP) is 1.19. The summed E-state index contributed by atoms with van der Waals surface area (Å²) in [5, 5.41) is 0. The lowest BCUT2D eigenvalue weighted by atomic mass is 10.2. The molecule has 5 nitrogen and oxygen atoms in total. The summed E-state index contributed by atoms with van der Waals surface area (Å²) in [6, 6.07) is 3.74. The van der Waals surface area contributed by atoms with Crippen LogP contribution in [0.3, 0.4) is 0 Å². The van der Waals surface area contributed by atoms with E-state index in [1.807, 2.05) is 12.1 Å². The summed E-state index contributed by atoms with van der Waals surface area (Å²) in [4.78, 5) is 22.1. The van der Waals surface area contributed by atoms with Crippen molar-refractivity contribution in [1.82, 2.24) is 15.0 Å². The second-order valence-electron chi connectivity index (χ2n) is 3.23. The first-order valence-corrected chi connectivity index (χ1v) is 4.80. The number of carbonyl (C=O) groups excluding carboxylic acids is 1. The number of hydrogen-bond acceptors (Lipinski definition) is 4. The monoisotopic (exact) mass is 217 g/mol. The van der Waals surface area contributed by atoms with Gasteiger partial charge in [-0.05, 0) is 12.1 Å². The van der Waals surface area contributed by atoms with Crippen LogP contribution in [-0.4, -0.2) is 28.0 Å². The first-order chi connectivity index (χ1) is 7.79. The number of pyridine rings is 1. The fourth-order valence-electron chi connectivity index (χ4n) is 1.34. The zero-order chi connectivity index (χ0) is 11.4. The Kier molecular flexibility index (Phi) is 2.95. The van der Waals surface area contributed by atoms with Crippen LogP contribution in [-0.2, 0) is 16.0 Å². The van der Waals surface area contributed by atoms with E-state index in [1.165, 1.54) is 7.11 Å². The summed E-state index contributed by atoms with van der Waals surface area (Å²) in [6.07, 6.45) is 5.25. The highest BCUT2D eigenvalue weighted by molar-refractivity contribution is 5.71. The number of nitrogens with zero attached hydrogens (tertiary/aromatic N) is 2. The maximum absolute atomic E-state index is 11.0. The van der Waals surface area contributed by atoms with Crippen molar-refractivity contribution in [2.24, 2.45) is 0 Å². The highest BCUT2D eigenvalue weighted by atomic mass is 16.5. The number of aromatic nitrogens is 3. The first kappa shape index (κ1) is 10.4. The molecule has 2 aromatic heterocycles. The van der Waals surface area contributed by atoms with Crippen LogP contribution in [0.15, 0.2) is 30.7 Å². The molecule has 0 bridgehead atoms. The summed E-state index contributed by atoms with van der Waals surface area (Å²) >= 11 is 0. The fourth-order valence-corrected chi connectivity index (χ4v) is 1.34. The Hall–Kier alpha value is -2.17. The average molecular weight is 217 g/mol. The molecule has 0 radical (unpaired) electrons. The van der Waals surface area contributed by atoms with Crippen LogP contribution in [0.5, 0.6) is 0 Å². The third-order valence-electron chi connectivity index (χ3n) is 2.16. The number of rotatable bonds is 3. The zero-order valence-electron chi connectivity index (χ0n) is 8.80. The Labute approximate surface area is 92.5 Å². The molecule has 0 unspecified atom stereocenters. The number of carbonyl (C=O) groups is 1. The van der Waals surface area contributed by atoms with E-state index >= 15 is 0 Å². The Bertz CT molecular complexity index is 479. The summed E-state index contributed by atoms with van der Waals surface area (Å²) in [5.74, 6) is 0.286. The van der Waals surface area contributed by atoms with E-state index in [4.69, 9.17) is 0 Å². The van der Waals surface area contributed by atoms with Crippen LogP contribution in [0.4, 0.5) is 0 Å². The summed E-state index contributed by atoms with van der Waals surface area (Å²) < 4.78 is 4.56. The Morgan fingerprint density at radius 2 is 2.19 bits per heavy atom. The quantitative estimate of drug-likeness (QED) is 0.784. The predicted molar refractivity (Wildman–Crippen MR) is 57.5 cm³/mol. The van der Waals surface area contributed by atoms with Gasteiger partial charge in [0.15, 0.2) is 0 Å². The number of nitrogens with one attached hydrogen (secondary N) is 1. The Morgan fingerprint density at radius 1 is 1.44 bits per heavy atom. The molecular formula is C11H11N3O2. The molecule has 2 rings (SSSR count). The van der Waals surface area contributed by atoms with Gasteiger partial charge in [0.25, 0.3) is 0 Å². The van der Waals surface area contributed by atoms with Crippen molar-refractivity contribution in [2.45, 2.75) is 6.42 Å². The van der Waals surface area contributed by atoms with Crippen molar-refractivity contribution in [3.63, 3.8) is 0 Å². The molecule has 0 atom stereocenters. The molecule has 0 fully saturated rings. The molecule has 0 saturated heterocycles. The standard InChI is InChI=1S/C11H11N3O2/c1-16-11(15)6-10-13-7-9(14-10)8-2-4-12-5-3-8/h2-5,7H,6H2,1H3,(H,13,14). The van der Waals surface area contributed by atoms with Crippen molar-refractivity contribution in [3.05, 3.63) is 36.5 Å². The molecule has 82 valence electrons. The molecule has 2 heterocycles. The largest absolute Gasteiger partial charge is 0.469 e. The van der Waals surface area contributed by atoms with Crippen LogP contribution >= 0.6 is 0 Å². The van der Waals surface area contributed by atoms with Gasteiger partial charge in [0.1, 0.15) is 12.2 Å². The average Bonchev–Trinajstić information content (AvgIpc) is 2.78. The third kappa shape index (κ3) is 2.25. The van der Waals surface area contributed by atoms with Crippen molar-refractivity contribution < 1.29 is 9.53 Å². The van der Waals surface area contributed by atoms with Crippen molar-refractivity contribution in [1.29, 1.82) is 0 Å². The van der Waals surface area contributed by atoms with Crippen LogP contribution in [0.1, 0.15) is 5.82 Å². The van der Waals surface area contributed by atoms with E-state index in [1.54, 1.807) is 18.6 Å². The molecule has 0 spiro atoms. The molecule has 16 heavy (non-hydrogen) atoms. The number of hydrogen-bond donors (Lipinski definition) is 1. The van der Waals surface area contributed by atoms with Crippen LogP contribution < -0.4 is 0 Å². The van der Waals surface area contributed by atoms with Gasteiger partial charge in [-0.15, -0.1) is 0 Å². The van der Waals surface area contributed by atoms with Gasteiger partial charge in [-0.25, -0.2) is 4.98 Å². The molecule has 2 aromatic rings. The highest BCUT2D eigenvalue weighted by Gasteiger charge is 2.07. The minimum Gasteiger partial charge on any atom is -0.469 e. The summed E-state index contributed by atoms with van der Waals surface area (Å²) in [5.41, 5.74) is 1.85. The van der Waals surface area contributed by atoms with Gasteiger partial charge in [0.2, 0.25) is 0 Å². The second kappa shape index (κ2) is 4.57. The van der Waals surface area contributed by atoms with E-state index in [9.17, 15) is 4.79 Å². The van der Waals surface area contributed by atoms with Gasteiger partial charge in [0.05, 0.1) is 19.0 Å². The SMILES string of the molecule is COC(=O)Cc1ncc(-c2ccncc2)[nH]1. The maximum Gasteiger partial charge on any atom is 0.313 e. The lowest BCUT2D eigenvalue weighted by Crippen LogP contribution is -2.05. The normalized spacial score (nSPS) is 10.1. The minimum absolute atomic E-state index is 0.154. The van der Waals surface area contributed by atoms with Gasteiger partial charge < -0.3 is 9.72 Å². The van der Waals surface area contributed by atoms with E-state index in [-0.39, 0.29) is 12.4 Å². The highest BCUT2D eigenvalue weighted by Crippen LogP contribution is 2.15. The van der Waals surface area contributed by atoms with Crippen LogP contribution in [0.25, 0.3) is 11.3 Å². The number of aromatic amines is 1. The van der Waals surface area contributed by atoms with Gasteiger partial charge in [-0.3, -0.25) is 9.78 Å². The Morgan fingerprint density at radius 3 is 2.88 bits per heavy atom. The van der Waals surface area contributed by atoms with E-state index < -0.39 is 0 Å². The first-order valence-electron chi connectivity index (χ1n) is 4.80. The zero-order valence-corrected chi connectivity index (χ0v) is 8.80. The molecule has 0 aromatic carbocycles. The maximum atomic E-state index is 11.0. The van der Waals surface area contributed by atoms with E-state index in [0.29, 0.717) is 5.82 Å². The van der Waals surface area contributed by atoms with Crippen molar-refractivity contribution >= 4 is 5.97 Å². The second-order valence-corrected chi connectivity index (χ2v) is 3.23. The molecule has 1 N–H and O–H groups in total. The van der Waals surface area contributed by atoms with Crippen molar-refractivity contribution in [2.75, 3.05) is 7.11 Å². The topological polar surface area (TPSA) is 67.9 Å². The summed E-state index contributed by atoms with van der Waals surface area (Å²) in [7, 11) is 1.36. The lowest BCUT2D eigenvalue weighted by Gasteiger charge is -1.96. The molecule has 0 aliphatic rings. The van der Waals surface area contributed by atoms with Crippen LogP contribution in [0.2, 0.25) is 0 Å². The number of methoxy groups -OCH3 is 1. The molecule has 5 heteroatoms. The summed E-state index contributed by atoms with van der Waals surface area (Å²) in [6.45, 7) is 0. The van der Waals surface area contributed by atoms with E-state index in [0.717, 1.165) is 11.3 Å². The van der Waals surface area contributed by atoms with Crippen molar-refractivity contribution in [3.8, 4) is 11.3 Å². The third-order valence-corrected chi connectivity index (χ3v) is 2.16. The van der Waals surface area contributed by atoms with Gasteiger partial charge in [0, 0.05) is 18.0 Å². The van der Waals surface area contributed by atoms with Crippen LogP contribution in [0, 0.1) is 0 Å². The molecule has 0 saturated carbocycles. The molecule has 0 aliphatic carbocycles. The minimum atomic E-state index is -0.310. The number of ether oxygens (including phenoxy) is 1. The van der Waals surface area contributed by atoms with Gasteiger partial charge in [-0.2, -0.15) is 0 Å². The Balaban J connectivity index is 2.17. The van der Waals surface area contributed by atoms with Gasteiger partial charge in [-0.1, -0.05) is 0 Å².